The number of ketones is 1. The fourth-order valence-corrected chi connectivity index (χ4v) is 5.00. The Morgan fingerprint density at radius 2 is 1.95 bits per heavy atom. The largest absolute Gasteiger partial charge is 0.299 e. The van der Waals surface area contributed by atoms with Gasteiger partial charge in [0.25, 0.3) is 0 Å². The van der Waals surface area contributed by atoms with E-state index >= 15 is 0 Å². The fourth-order valence-electron chi connectivity index (χ4n) is 5.00. The number of Topliss-reactive ketones (excluding diaryl/α,β-unsaturated/α-hetero) is 1. The third kappa shape index (κ3) is 2.01. The van der Waals surface area contributed by atoms with Gasteiger partial charge in [0.2, 0.25) is 0 Å². The number of benzene rings is 1. The van der Waals surface area contributed by atoms with Crippen molar-refractivity contribution in [2.75, 3.05) is 6.54 Å². The lowest BCUT2D eigenvalue weighted by molar-refractivity contribution is -0.122. The molecule has 0 unspecified atom stereocenters. The number of hydrogen-bond acceptors (Lipinski definition) is 2. The molecule has 4 atom stereocenters. The summed E-state index contributed by atoms with van der Waals surface area (Å²) < 4.78 is 0. The molecule has 1 saturated heterocycles. The summed E-state index contributed by atoms with van der Waals surface area (Å²) in [5.41, 5.74) is 1.41. The van der Waals surface area contributed by atoms with Crippen molar-refractivity contribution in [3.05, 3.63) is 35.9 Å². The lowest BCUT2D eigenvalue weighted by Gasteiger charge is -2.47. The van der Waals surface area contributed by atoms with Crippen LogP contribution in [0.15, 0.2) is 30.3 Å². The standard InChI is InChI=1S/C18H23NO/c20-17-11-14-9-10-19(12-13-5-2-1-3-6-13)16-8-4-7-15(17)18(14)16/h1-3,5-6,14-16,18H,4,7-12H2/t14-,15+,16+,18-/m0/s1. The van der Waals surface area contributed by atoms with E-state index in [-0.39, 0.29) is 0 Å². The molecule has 0 N–H and O–H groups in total. The van der Waals surface area contributed by atoms with E-state index in [2.05, 4.69) is 35.2 Å². The van der Waals surface area contributed by atoms with Crippen molar-refractivity contribution < 1.29 is 4.79 Å². The highest BCUT2D eigenvalue weighted by atomic mass is 16.1. The highest BCUT2D eigenvalue weighted by Gasteiger charge is 2.51. The first-order valence-corrected chi connectivity index (χ1v) is 8.13. The molecular weight excluding hydrogens is 246 g/mol. The maximum Gasteiger partial charge on any atom is 0.136 e. The summed E-state index contributed by atoms with van der Waals surface area (Å²) in [7, 11) is 0. The number of nitrogens with zero attached hydrogens (tertiary/aromatic N) is 1. The average molecular weight is 269 g/mol. The summed E-state index contributed by atoms with van der Waals surface area (Å²) in [4.78, 5) is 14.9. The van der Waals surface area contributed by atoms with Crippen LogP contribution >= 0.6 is 0 Å². The number of carbonyl (C=O) groups is 1. The van der Waals surface area contributed by atoms with Crippen molar-refractivity contribution in [2.45, 2.75) is 44.7 Å². The summed E-state index contributed by atoms with van der Waals surface area (Å²) in [6.07, 6.45) is 5.82. The SMILES string of the molecule is O=C1C[C@@H]2CCN(Cc3ccccc3)[C@@H]3CCC[C@H]1[C@H]23. The molecule has 0 radical (unpaired) electrons. The Labute approximate surface area is 121 Å². The van der Waals surface area contributed by atoms with Crippen LogP contribution in [0.5, 0.6) is 0 Å². The average Bonchev–Trinajstić information content (AvgIpc) is 2.82. The summed E-state index contributed by atoms with van der Waals surface area (Å²) in [5, 5.41) is 0. The number of rotatable bonds is 2. The molecule has 4 rings (SSSR count). The van der Waals surface area contributed by atoms with E-state index in [1.54, 1.807) is 0 Å². The second-order valence-corrected chi connectivity index (χ2v) is 6.86. The van der Waals surface area contributed by atoms with Crippen molar-refractivity contribution in [1.29, 1.82) is 0 Å². The maximum atomic E-state index is 12.2. The Morgan fingerprint density at radius 1 is 1.10 bits per heavy atom. The van der Waals surface area contributed by atoms with Crippen molar-refractivity contribution >= 4 is 5.78 Å². The van der Waals surface area contributed by atoms with Crippen molar-refractivity contribution in [2.24, 2.45) is 17.8 Å². The van der Waals surface area contributed by atoms with Gasteiger partial charge in [0.1, 0.15) is 5.78 Å². The minimum atomic E-state index is 0.400. The Morgan fingerprint density at radius 3 is 2.80 bits per heavy atom. The van der Waals surface area contributed by atoms with Crippen LogP contribution in [0.3, 0.4) is 0 Å². The quantitative estimate of drug-likeness (QED) is 0.821. The normalized spacial score (nSPS) is 36.9. The van der Waals surface area contributed by atoms with E-state index in [4.69, 9.17) is 0 Å². The first-order valence-electron chi connectivity index (χ1n) is 8.13. The molecule has 1 aromatic carbocycles. The fraction of sp³-hybridized carbons (Fsp3) is 0.611. The van der Waals surface area contributed by atoms with Gasteiger partial charge >= 0.3 is 0 Å². The Hall–Kier alpha value is -1.15. The Bertz CT molecular complexity index is 497. The van der Waals surface area contributed by atoms with E-state index in [0.717, 1.165) is 19.4 Å². The second-order valence-electron chi connectivity index (χ2n) is 6.86. The molecule has 0 bridgehead atoms. The number of carbonyl (C=O) groups excluding carboxylic acids is 1. The summed E-state index contributed by atoms with van der Waals surface area (Å²) >= 11 is 0. The smallest absolute Gasteiger partial charge is 0.136 e. The topological polar surface area (TPSA) is 20.3 Å². The van der Waals surface area contributed by atoms with E-state index < -0.39 is 0 Å². The van der Waals surface area contributed by atoms with Gasteiger partial charge in [0, 0.05) is 24.9 Å². The molecule has 1 aromatic rings. The zero-order chi connectivity index (χ0) is 13.5. The third-order valence-electron chi connectivity index (χ3n) is 5.83. The van der Waals surface area contributed by atoms with Gasteiger partial charge in [-0.2, -0.15) is 0 Å². The van der Waals surface area contributed by atoms with Crippen LogP contribution < -0.4 is 0 Å². The highest BCUT2D eigenvalue weighted by molar-refractivity contribution is 5.84. The number of hydrogen-bond donors (Lipinski definition) is 0. The van der Waals surface area contributed by atoms with Crippen molar-refractivity contribution in [3.63, 3.8) is 0 Å². The van der Waals surface area contributed by atoms with Crippen LogP contribution in [0.25, 0.3) is 0 Å². The lowest BCUT2D eigenvalue weighted by Crippen LogP contribution is -2.50. The van der Waals surface area contributed by atoms with Gasteiger partial charge < -0.3 is 0 Å². The van der Waals surface area contributed by atoms with Gasteiger partial charge in [-0.05, 0) is 43.2 Å². The number of piperidine rings is 1. The molecule has 0 aromatic heterocycles. The van der Waals surface area contributed by atoms with E-state index in [0.29, 0.717) is 29.6 Å². The number of likely N-dealkylation sites (tertiary alicyclic amines) is 1. The zero-order valence-corrected chi connectivity index (χ0v) is 12.0. The van der Waals surface area contributed by atoms with E-state index in [9.17, 15) is 4.79 Å². The molecule has 1 heterocycles. The molecular formula is C18H23NO. The molecule has 2 heteroatoms. The minimum Gasteiger partial charge on any atom is -0.299 e. The third-order valence-corrected chi connectivity index (χ3v) is 5.83. The van der Waals surface area contributed by atoms with E-state index in [1.165, 1.54) is 31.4 Å². The van der Waals surface area contributed by atoms with Crippen LogP contribution in [0, 0.1) is 17.8 Å². The molecule has 0 spiro atoms. The summed E-state index contributed by atoms with van der Waals surface area (Å²) in [6, 6.07) is 11.5. The van der Waals surface area contributed by atoms with E-state index in [1.807, 2.05) is 0 Å². The first-order chi connectivity index (χ1) is 9.83. The van der Waals surface area contributed by atoms with Gasteiger partial charge in [-0.25, -0.2) is 0 Å². The van der Waals surface area contributed by atoms with Crippen LogP contribution in [0.1, 0.15) is 37.7 Å². The minimum absolute atomic E-state index is 0.400. The van der Waals surface area contributed by atoms with Gasteiger partial charge in [-0.15, -0.1) is 0 Å². The molecule has 3 aliphatic rings. The molecule has 1 aliphatic heterocycles. The lowest BCUT2D eigenvalue weighted by atomic mass is 9.70. The van der Waals surface area contributed by atoms with Crippen LogP contribution in [-0.2, 0) is 11.3 Å². The second kappa shape index (κ2) is 5.00. The van der Waals surface area contributed by atoms with Gasteiger partial charge in [0.05, 0.1) is 0 Å². The van der Waals surface area contributed by atoms with Crippen LogP contribution in [0.2, 0.25) is 0 Å². The molecule has 2 saturated carbocycles. The van der Waals surface area contributed by atoms with Crippen molar-refractivity contribution in [3.8, 4) is 0 Å². The monoisotopic (exact) mass is 269 g/mol. The zero-order valence-electron chi connectivity index (χ0n) is 12.0. The predicted octanol–water partition coefficient (Wildman–Crippen LogP) is 3.27. The molecule has 106 valence electrons. The van der Waals surface area contributed by atoms with Crippen LogP contribution in [0.4, 0.5) is 0 Å². The molecule has 0 amide bonds. The summed E-state index contributed by atoms with van der Waals surface area (Å²) in [6.45, 7) is 2.25. The van der Waals surface area contributed by atoms with Gasteiger partial charge in [0.15, 0.2) is 0 Å². The van der Waals surface area contributed by atoms with Gasteiger partial charge in [-0.1, -0.05) is 36.8 Å². The van der Waals surface area contributed by atoms with Crippen LogP contribution in [-0.4, -0.2) is 23.3 Å². The summed E-state index contributed by atoms with van der Waals surface area (Å²) in [5.74, 6) is 2.35. The van der Waals surface area contributed by atoms with Crippen molar-refractivity contribution in [1.82, 2.24) is 4.90 Å². The molecule has 2 aliphatic carbocycles. The Balaban J connectivity index is 1.56. The predicted molar refractivity (Wildman–Crippen MR) is 79.2 cm³/mol. The molecule has 20 heavy (non-hydrogen) atoms. The maximum absolute atomic E-state index is 12.2. The highest BCUT2D eigenvalue weighted by Crippen LogP contribution is 2.49. The molecule has 3 fully saturated rings. The first kappa shape index (κ1) is 12.6. The van der Waals surface area contributed by atoms with Gasteiger partial charge in [-0.3, -0.25) is 9.69 Å². The Kier molecular flexibility index (Phi) is 3.14. The molecule has 2 nitrogen and oxygen atoms in total.